The molecule has 0 spiro atoms. The Balaban J connectivity index is 2.30. The number of benzene rings is 1. The Kier molecular flexibility index (Phi) is 7.93. The highest BCUT2D eigenvalue weighted by Gasteiger charge is 2.34. The third-order valence-corrected chi connectivity index (χ3v) is 7.80. The number of ether oxygens (including phenoxy) is 2. The van der Waals surface area contributed by atoms with Crippen molar-refractivity contribution in [3.63, 3.8) is 0 Å². The molecule has 0 aliphatic heterocycles. The number of hydrogen-bond acceptors (Lipinski definition) is 8. The molecule has 0 saturated heterocycles. The predicted molar refractivity (Wildman–Crippen MR) is 116 cm³/mol. The first-order valence-corrected chi connectivity index (χ1v) is 11.6. The number of sulfonamides is 1. The van der Waals surface area contributed by atoms with Crippen LogP contribution >= 0.6 is 11.3 Å². The van der Waals surface area contributed by atoms with Crippen molar-refractivity contribution in [2.75, 3.05) is 19.5 Å². The van der Waals surface area contributed by atoms with Crippen molar-refractivity contribution in [1.29, 1.82) is 0 Å². The monoisotopic (exact) mass is 468 g/mol. The van der Waals surface area contributed by atoms with Crippen LogP contribution in [0.5, 0.6) is 0 Å². The maximum atomic E-state index is 13.0. The highest BCUT2D eigenvalue weighted by atomic mass is 32.2. The van der Waals surface area contributed by atoms with Crippen LogP contribution < -0.4 is 10.0 Å². The fraction of sp³-hybridized carbons (Fsp3) is 0.350. The highest BCUT2D eigenvalue weighted by Crippen LogP contribution is 2.33. The number of esters is 2. The molecule has 2 N–H and O–H groups in total. The minimum Gasteiger partial charge on any atom is -0.465 e. The molecule has 0 aliphatic carbocycles. The van der Waals surface area contributed by atoms with E-state index in [4.69, 9.17) is 0 Å². The number of nitrogens with one attached hydrogen (secondary N) is 2. The minimum absolute atomic E-state index is 0.0450. The first-order valence-electron chi connectivity index (χ1n) is 9.27. The number of anilines is 1. The average molecular weight is 469 g/mol. The van der Waals surface area contributed by atoms with Crippen LogP contribution in [0.4, 0.5) is 5.69 Å². The van der Waals surface area contributed by atoms with Gasteiger partial charge in [0, 0.05) is 5.69 Å². The SMILES string of the molecule is CCc1ccc(NC(=O)[C@@H](C)NS(=O)(=O)c2sc(C(=O)OC)c(C)c2C(=O)OC)cc1. The van der Waals surface area contributed by atoms with Crippen molar-refractivity contribution in [2.45, 2.75) is 37.4 Å². The standard InChI is InChI=1S/C20H24N2O7S2/c1-6-13-7-9-14(10-8-13)21-17(23)12(3)22-31(26,27)20-15(18(24)28-4)11(2)16(30-20)19(25)29-5/h7-10,12,22H,6H2,1-5H3,(H,21,23)/t12-/m1/s1. The van der Waals surface area contributed by atoms with Crippen molar-refractivity contribution in [2.24, 2.45) is 0 Å². The van der Waals surface area contributed by atoms with Crippen LogP contribution in [-0.4, -0.2) is 46.5 Å². The van der Waals surface area contributed by atoms with Crippen molar-refractivity contribution >= 4 is 44.9 Å². The lowest BCUT2D eigenvalue weighted by atomic mass is 10.1. The maximum absolute atomic E-state index is 13.0. The van der Waals surface area contributed by atoms with Gasteiger partial charge in [0.05, 0.1) is 25.8 Å². The lowest BCUT2D eigenvalue weighted by Crippen LogP contribution is -2.41. The number of carbonyl (C=O) groups is 3. The zero-order chi connectivity index (χ0) is 23.3. The molecule has 2 aromatic rings. The van der Waals surface area contributed by atoms with Crippen LogP contribution in [0.15, 0.2) is 28.5 Å². The van der Waals surface area contributed by atoms with Gasteiger partial charge in [0.1, 0.15) is 4.88 Å². The van der Waals surface area contributed by atoms with Crippen molar-refractivity contribution < 1.29 is 32.3 Å². The summed E-state index contributed by atoms with van der Waals surface area (Å²) in [6, 6.07) is 5.99. The number of aryl methyl sites for hydroxylation is 1. The average Bonchev–Trinajstić information content (AvgIpc) is 3.10. The van der Waals surface area contributed by atoms with Gasteiger partial charge in [0.15, 0.2) is 4.21 Å². The molecule has 0 fully saturated rings. The molecular formula is C20H24N2O7S2. The summed E-state index contributed by atoms with van der Waals surface area (Å²) in [5, 5.41) is 2.63. The molecule has 0 aliphatic rings. The summed E-state index contributed by atoms with van der Waals surface area (Å²) < 4.78 is 37.1. The zero-order valence-corrected chi connectivity index (χ0v) is 19.4. The van der Waals surface area contributed by atoms with E-state index >= 15 is 0 Å². The topological polar surface area (TPSA) is 128 Å². The molecular weight excluding hydrogens is 444 g/mol. The van der Waals surface area contributed by atoms with E-state index in [0.717, 1.165) is 26.2 Å². The van der Waals surface area contributed by atoms with E-state index in [1.54, 1.807) is 12.1 Å². The second-order valence-electron chi connectivity index (χ2n) is 6.58. The zero-order valence-electron chi connectivity index (χ0n) is 17.8. The quantitative estimate of drug-likeness (QED) is 0.570. The lowest BCUT2D eigenvalue weighted by Gasteiger charge is -2.14. The van der Waals surface area contributed by atoms with Crippen LogP contribution in [0.1, 0.15) is 45.0 Å². The van der Waals surface area contributed by atoms with E-state index in [-0.39, 0.29) is 16.0 Å². The minimum atomic E-state index is -4.34. The summed E-state index contributed by atoms with van der Waals surface area (Å²) in [5.74, 6) is -2.29. The number of thiophene rings is 1. The molecule has 1 heterocycles. The molecule has 11 heteroatoms. The van der Waals surface area contributed by atoms with Gasteiger partial charge in [0.25, 0.3) is 10.0 Å². The van der Waals surface area contributed by atoms with Crippen LogP contribution in [0.2, 0.25) is 0 Å². The second-order valence-corrected chi connectivity index (χ2v) is 9.51. The van der Waals surface area contributed by atoms with E-state index in [9.17, 15) is 22.8 Å². The van der Waals surface area contributed by atoms with E-state index in [2.05, 4.69) is 19.5 Å². The molecule has 9 nitrogen and oxygen atoms in total. The van der Waals surface area contributed by atoms with E-state index < -0.39 is 38.1 Å². The van der Waals surface area contributed by atoms with Crippen LogP contribution in [0, 0.1) is 6.92 Å². The molecule has 0 unspecified atom stereocenters. The van der Waals surface area contributed by atoms with Crippen LogP contribution in [0.25, 0.3) is 0 Å². The molecule has 1 aromatic heterocycles. The Hall–Kier alpha value is -2.76. The summed E-state index contributed by atoms with van der Waals surface area (Å²) in [7, 11) is -2.10. The van der Waals surface area contributed by atoms with E-state index in [1.807, 2.05) is 19.1 Å². The van der Waals surface area contributed by atoms with E-state index in [0.29, 0.717) is 17.0 Å². The number of rotatable bonds is 8. The molecule has 0 radical (unpaired) electrons. The number of methoxy groups -OCH3 is 2. The number of carbonyl (C=O) groups excluding carboxylic acids is 3. The molecule has 31 heavy (non-hydrogen) atoms. The molecule has 0 bridgehead atoms. The lowest BCUT2D eigenvalue weighted by molar-refractivity contribution is -0.117. The first kappa shape index (κ1) is 24.5. The fourth-order valence-corrected chi connectivity index (χ4v) is 5.68. The first-order chi connectivity index (χ1) is 14.5. The van der Waals surface area contributed by atoms with Crippen molar-refractivity contribution in [3.8, 4) is 0 Å². The van der Waals surface area contributed by atoms with Gasteiger partial charge < -0.3 is 14.8 Å². The third-order valence-electron chi connectivity index (χ3n) is 4.47. The Bertz CT molecular complexity index is 1090. The van der Waals surface area contributed by atoms with Gasteiger partial charge in [0.2, 0.25) is 5.91 Å². The number of amides is 1. The molecule has 1 amide bonds. The second kappa shape index (κ2) is 10.0. The summed E-state index contributed by atoms with van der Waals surface area (Å²) >= 11 is 0.574. The van der Waals surface area contributed by atoms with Gasteiger partial charge in [-0.1, -0.05) is 19.1 Å². The highest BCUT2D eigenvalue weighted by molar-refractivity contribution is 7.91. The Labute approximate surface area is 184 Å². The van der Waals surface area contributed by atoms with Gasteiger partial charge in [-0.25, -0.2) is 18.0 Å². The molecule has 0 saturated carbocycles. The normalized spacial score (nSPS) is 12.2. The van der Waals surface area contributed by atoms with Gasteiger partial charge in [-0.05, 0) is 43.5 Å². The van der Waals surface area contributed by atoms with Crippen LogP contribution in [-0.2, 0) is 30.7 Å². The Morgan fingerprint density at radius 3 is 2.16 bits per heavy atom. The van der Waals surface area contributed by atoms with Gasteiger partial charge in [-0.15, -0.1) is 11.3 Å². The van der Waals surface area contributed by atoms with Gasteiger partial charge in [-0.2, -0.15) is 4.72 Å². The molecule has 2 rings (SSSR count). The van der Waals surface area contributed by atoms with Crippen molar-refractivity contribution in [3.05, 3.63) is 45.8 Å². The Morgan fingerprint density at radius 1 is 1.06 bits per heavy atom. The molecule has 168 valence electrons. The largest absolute Gasteiger partial charge is 0.465 e. The van der Waals surface area contributed by atoms with Crippen LogP contribution in [0.3, 0.4) is 0 Å². The summed E-state index contributed by atoms with van der Waals surface area (Å²) in [6.45, 7) is 4.79. The smallest absolute Gasteiger partial charge is 0.348 e. The van der Waals surface area contributed by atoms with E-state index in [1.165, 1.54) is 13.8 Å². The maximum Gasteiger partial charge on any atom is 0.348 e. The fourth-order valence-electron chi connectivity index (χ4n) is 2.72. The predicted octanol–water partition coefficient (Wildman–Crippen LogP) is 2.50. The van der Waals surface area contributed by atoms with Gasteiger partial charge >= 0.3 is 11.9 Å². The van der Waals surface area contributed by atoms with Crippen molar-refractivity contribution in [1.82, 2.24) is 4.72 Å². The third kappa shape index (κ3) is 5.49. The molecule has 1 atom stereocenters. The van der Waals surface area contributed by atoms with Gasteiger partial charge in [-0.3, -0.25) is 4.79 Å². The Morgan fingerprint density at radius 2 is 1.65 bits per heavy atom. The summed E-state index contributed by atoms with van der Waals surface area (Å²) in [4.78, 5) is 36.6. The number of hydrogen-bond donors (Lipinski definition) is 2. The molecule has 1 aromatic carbocycles. The summed E-state index contributed by atoms with van der Waals surface area (Å²) in [5.41, 5.74) is 1.46. The summed E-state index contributed by atoms with van der Waals surface area (Å²) in [6.07, 6.45) is 0.848.